The third-order valence-electron chi connectivity index (χ3n) is 8.03. The Bertz CT molecular complexity index is 2080. The van der Waals surface area contributed by atoms with E-state index >= 15 is 0 Å². The zero-order chi connectivity index (χ0) is 34.9. The first-order chi connectivity index (χ1) is 23.5. The van der Waals surface area contributed by atoms with Gasteiger partial charge in [0.2, 0.25) is 11.8 Å². The fraction of sp³-hybridized carbons (Fsp3) is 0.278. The van der Waals surface area contributed by atoms with Crippen LogP contribution in [0.3, 0.4) is 0 Å². The normalized spacial score (nSPS) is 14.5. The maximum atomic E-state index is 13.2. The molecule has 0 unspecified atom stereocenters. The minimum atomic E-state index is -0.700. The van der Waals surface area contributed by atoms with Gasteiger partial charge in [0.25, 0.3) is 0 Å². The van der Waals surface area contributed by atoms with E-state index in [2.05, 4.69) is 15.4 Å². The monoisotopic (exact) mass is 700 g/mol. The van der Waals surface area contributed by atoms with E-state index in [1.165, 1.54) is 17.8 Å². The summed E-state index contributed by atoms with van der Waals surface area (Å²) in [6.45, 7) is 5.85. The van der Waals surface area contributed by atoms with E-state index in [0.29, 0.717) is 85.5 Å². The lowest BCUT2D eigenvalue weighted by Crippen LogP contribution is -2.43. The van der Waals surface area contributed by atoms with Gasteiger partial charge in [0.1, 0.15) is 5.60 Å². The Kier molecular flexibility index (Phi) is 9.58. The molecule has 0 spiro atoms. The van der Waals surface area contributed by atoms with Crippen LogP contribution >= 0.6 is 23.2 Å². The Morgan fingerprint density at radius 3 is 2.24 bits per heavy atom. The van der Waals surface area contributed by atoms with Crippen molar-refractivity contribution < 1.29 is 23.9 Å². The highest BCUT2D eigenvalue weighted by Gasteiger charge is 2.29. The summed E-state index contributed by atoms with van der Waals surface area (Å²) in [5, 5.41) is 7.94. The van der Waals surface area contributed by atoms with Crippen molar-refractivity contribution in [3.8, 4) is 39.5 Å². The molecule has 13 heteroatoms. The number of aromatic nitrogens is 4. The third kappa shape index (κ3) is 7.23. The number of hydrogen-bond acceptors (Lipinski definition) is 8. The highest BCUT2D eigenvalue weighted by molar-refractivity contribution is 6.39. The van der Waals surface area contributed by atoms with Crippen LogP contribution in [0.1, 0.15) is 49.5 Å². The molecule has 2 amide bonds. The average Bonchev–Trinajstić information content (AvgIpc) is 3.69. The first-order valence-corrected chi connectivity index (χ1v) is 16.4. The van der Waals surface area contributed by atoms with Crippen molar-refractivity contribution in [3.63, 3.8) is 0 Å². The van der Waals surface area contributed by atoms with Gasteiger partial charge in [-0.3, -0.25) is 9.59 Å². The lowest BCUT2D eigenvalue weighted by atomic mass is 9.98. The van der Waals surface area contributed by atoms with Gasteiger partial charge in [0.05, 0.1) is 46.8 Å². The standard InChI is InChI=1S/C36H34Cl2N6O5/c1-36(2,3)49-35(47)43(19-23-12-14-30(46)40-23)18-21-11-13-28(42-34(21)48-4)26-9-5-7-24(31(26)37)25-8-6-10-27(32(25)38)29-15-16-44-33(41-29)22(20-45)17-39-44/h5-11,13,15-17,20,23H,12,14,18-19H2,1-4H3,(H,40,46)/t23-/m0/s1. The number of ether oxygens (including phenoxy) is 2. The third-order valence-corrected chi connectivity index (χ3v) is 8.85. The van der Waals surface area contributed by atoms with Crippen LogP contribution in [0.25, 0.3) is 39.3 Å². The molecule has 11 nitrogen and oxygen atoms in total. The van der Waals surface area contributed by atoms with Gasteiger partial charge < -0.3 is 19.7 Å². The second-order valence-corrected chi connectivity index (χ2v) is 13.4. The largest absolute Gasteiger partial charge is 0.481 e. The summed E-state index contributed by atoms with van der Waals surface area (Å²) in [7, 11) is 1.52. The quantitative estimate of drug-likeness (QED) is 0.159. The second kappa shape index (κ2) is 13.9. The molecule has 4 heterocycles. The molecule has 1 N–H and O–H groups in total. The number of hydrogen-bond donors (Lipinski definition) is 1. The average molecular weight is 702 g/mol. The number of benzene rings is 2. The van der Waals surface area contributed by atoms with E-state index in [1.54, 1.807) is 37.9 Å². The first-order valence-electron chi connectivity index (χ1n) is 15.6. The number of methoxy groups -OCH3 is 1. The molecule has 1 aliphatic heterocycles. The molecule has 0 saturated carbocycles. The van der Waals surface area contributed by atoms with Crippen molar-refractivity contribution in [2.45, 2.75) is 51.8 Å². The Labute approximate surface area is 293 Å². The molecule has 49 heavy (non-hydrogen) atoms. The fourth-order valence-electron chi connectivity index (χ4n) is 5.73. The maximum absolute atomic E-state index is 13.2. The van der Waals surface area contributed by atoms with Crippen LogP contribution < -0.4 is 10.1 Å². The van der Waals surface area contributed by atoms with Gasteiger partial charge >= 0.3 is 6.09 Å². The Hall–Kier alpha value is -5.00. The molecule has 6 rings (SSSR count). The van der Waals surface area contributed by atoms with Gasteiger partial charge in [0.15, 0.2) is 11.9 Å². The second-order valence-electron chi connectivity index (χ2n) is 12.7. The predicted molar refractivity (Wildman–Crippen MR) is 187 cm³/mol. The Morgan fingerprint density at radius 2 is 1.65 bits per heavy atom. The number of carbonyl (C=O) groups excluding carboxylic acids is 3. The van der Waals surface area contributed by atoms with Gasteiger partial charge in [-0.15, -0.1) is 0 Å². The molecule has 252 valence electrons. The fourth-order valence-corrected chi connectivity index (χ4v) is 6.38. The van der Waals surface area contributed by atoms with E-state index in [9.17, 15) is 14.4 Å². The van der Waals surface area contributed by atoms with Crippen molar-refractivity contribution in [3.05, 3.63) is 88.2 Å². The van der Waals surface area contributed by atoms with Crippen LogP contribution in [0, 0.1) is 0 Å². The van der Waals surface area contributed by atoms with E-state index in [0.717, 1.165) is 0 Å². The molecule has 3 aromatic heterocycles. The van der Waals surface area contributed by atoms with Gasteiger partial charge in [-0.1, -0.05) is 59.6 Å². The number of carbonyl (C=O) groups is 3. The molecule has 0 bridgehead atoms. The number of halogens is 2. The Morgan fingerprint density at radius 1 is 1.00 bits per heavy atom. The van der Waals surface area contributed by atoms with Crippen molar-refractivity contribution in [1.82, 2.24) is 29.8 Å². The minimum absolute atomic E-state index is 0.0363. The van der Waals surface area contributed by atoms with Crippen LogP contribution in [-0.4, -0.2) is 68.1 Å². The molecule has 1 atom stereocenters. The van der Waals surface area contributed by atoms with Crippen LogP contribution in [0.15, 0.2) is 67.0 Å². The lowest BCUT2D eigenvalue weighted by Gasteiger charge is -2.29. The smallest absolute Gasteiger partial charge is 0.410 e. The molecule has 1 saturated heterocycles. The van der Waals surface area contributed by atoms with Gasteiger partial charge in [0, 0.05) is 53.0 Å². The summed E-state index contributed by atoms with van der Waals surface area (Å²) in [4.78, 5) is 47.6. The van der Waals surface area contributed by atoms with E-state index in [-0.39, 0.29) is 25.0 Å². The van der Waals surface area contributed by atoms with Gasteiger partial charge in [-0.2, -0.15) is 5.10 Å². The summed E-state index contributed by atoms with van der Waals surface area (Å²) in [6.07, 6.45) is 4.45. The molecule has 2 aromatic carbocycles. The van der Waals surface area contributed by atoms with Crippen LogP contribution in [0.4, 0.5) is 4.79 Å². The zero-order valence-corrected chi connectivity index (χ0v) is 28.9. The van der Waals surface area contributed by atoms with Crippen LogP contribution in [0.2, 0.25) is 10.0 Å². The lowest BCUT2D eigenvalue weighted by molar-refractivity contribution is -0.119. The van der Waals surface area contributed by atoms with Crippen molar-refractivity contribution >= 4 is 47.1 Å². The van der Waals surface area contributed by atoms with Crippen LogP contribution in [-0.2, 0) is 16.1 Å². The molecule has 0 aliphatic carbocycles. The van der Waals surface area contributed by atoms with Gasteiger partial charge in [-0.25, -0.2) is 19.3 Å². The number of fused-ring (bicyclic) bond motifs is 1. The maximum Gasteiger partial charge on any atom is 0.410 e. The molecule has 1 aliphatic rings. The number of nitrogens with zero attached hydrogens (tertiary/aromatic N) is 5. The summed E-state index contributed by atoms with van der Waals surface area (Å²) < 4.78 is 12.9. The number of amides is 2. The number of aldehydes is 1. The SMILES string of the molecule is COc1nc(-c2cccc(-c3cccc(-c4ccn5ncc(C=O)c5n4)c3Cl)c2Cl)ccc1CN(C[C@@H]1CCC(=O)N1)C(=O)OC(C)(C)C. The highest BCUT2D eigenvalue weighted by atomic mass is 35.5. The minimum Gasteiger partial charge on any atom is -0.481 e. The Balaban J connectivity index is 1.31. The molecule has 5 aromatic rings. The molecular formula is C36H34Cl2N6O5. The highest BCUT2D eigenvalue weighted by Crippen LogP contribution is 2.42. The summed E-state index contributed by atoms with van der Waals surface area (Å²) in [6, 6.07) is 16.5. The van der Waals surface area contributed by atoms with Crippen molar-refractivity contribution in [2.24, 2.45) is 0 Å². The topological polar surface area (TPSA) is 128 Å². The first kappa shape index (κ1) is 33.9. The molecular weight excluding hydrogens is 667 g/mol. The van der Waals surface area contributed by atoms with Crippen molar-refractivity contribution in [2.75, 3.05) is 13.7 Å². The summed E-state index contributed by atoms with van der Waals surface area (Å²) in [5.41, 5.74) is 4.58. The van der Waals surface area contributed by atoms with Crippen molar-refractivity contribution in [1.29, 1.82) is 0 Å². The van der Waals surface area contributed by atoms with E-state index in [1.807, 2.05) is 48.5 Å². The predicted octanol–water partition coefficient (Wildman–Crippen LogP) is 7.27. The molecule has 1 fully saturated rings. The molecule has 0 radical (unpaired) electrons. The van der Waals surface area contributed by atoms with E-state index < -0.39 is 11.7 Å². The summed E-state index contributed by atoms with van der Waals surface area (Å²) >= 11 is 14.1. The van der Waals surface area contributed by atoms with Gasteiger partial charge in [-0.05, 0) is 45.4 Å². The zero-order valence-electron chi connectivity index (χ0n) is 27.4. The van der Waals surface area contributed by atoms with E-state index in [4.69, 9.17) is 37.7 Å². The number of pyridine rings is 1. The summed E-state index contributed by atoms with van der Waals surface area (Å²) in [5.74, 6) is 0.282. The number of rotatable bonds is 9. The van der Waals surface area contributed by atoms with Crippen LogP contribution in [0.5, 0.6) is 5.88 Å². The number of nitrogens with one attached hydrogen (secondary N) is 1.